The van der Waals surface area contributed by atoms with E-state index < -0.39 is 23.2 Å². The molecule has 0 atom stereocenters. The van der Waals surface area contributed by atoms with Crippen LogP contribution >= 0.6 is 23.2 Å². The normalized spacial score (nSPS) is 11.3. The maximum atomic E-state index is 12.8. The summed E-state index contributed by atoms with van der Waals surface area (Å²) in [5.74, 6) is -0.897. The third kappa shape index (κ3) is 3.86. The van der Waals surface area contributed by atoms with Crippen LogP contribution < -0.4 is 5.32 Å². The van der Waals surface area contributed by atoms with Crippen molar-refractivity contribution in [3.63, 3.8) is 0 Å². The van der Waals surface area contributed by atoms with E-state index in [0.717, 1.165) is 18.5 Å². The lowest BCUT2D eigenvalue weighted by Crippen LogP contribution is -2.26. The van der Waals surface area contributed by atoms with Crippen LogP contribution in [0.2, 0.25) is 10.2 Å². The van der Waals surface area contributed by atoms with Gasteiger partial charge in [0.2, 0.25) is 0 Å². The van der Waals surface area contributed by atoms with Gasteiger partial charge in [-0.3, -0.25) is 9.78 Å². The Bertz CT molecular complexity index is 707. The molecule has 22 heavy (non-hydrogen) atoms. The molecule has 1 N–H and O–H groups in total. The number of amides is 1. The van der Waals surface area contributed by atoms with Crippen molar-refractivity contribution >= 4 is 29.1 Å². The van der Waals surface area contributed by atoms with Gasteiger partial charge in [0.25, 0.3) is 5.91 Å². The van der Waals surface area contributed by atoms with E-state index in [0.29, 0.717) is 5.56 Å². The van der Waals surface area contributed by atoms with Crippen LogP contribution in [0.25, 0.3) is 0 Å². The molecular formula is C13H8Cl2F3N3O. The fourth-order valence-electron chi connectivity index (χ4n) is 1.66. The minimum atomic E-state index is -4.64. The largest absolute Gasteiger partial charge is 0.417 e. The van der Waals surface area contributed by atoms with Crippen molar-refractivity contribution in [2.45, 2.75) is 12.7 Å². The SMILES string of the molecule is O=C(NCc1cnc(Cl)c(Cl)c1)c1cnccc1C(F)(F)F. The highest BCUT2D eigenvalue weighted by Gasteiger charge is 2.35. The second kappa shape index (κ2) is 6.50. The molecule has 9 heteroatoms. The lowest BCUT2D eigenvalue weighted by atomic mass is 10.1. The van der Waals surface area contributed by atoms with Gasteiger partial charge >= 0.3 is 6.18 Å². The Hall–Kier alpha value is -1.86. The summed E-state index contributed by atoms with van der Waals surface area (Å²) in [6.07, 6.45) is -1.43. The molecule has 4 nitrogen and oxygen atoms in total. The topological polar surface area (TPSA) is 54.9 Å². The van der Waals surface area contributed by atoms with Crippen molar-refractivity contribution in [2.75, 3.05) is 0 Å². The average Bonchev–Trinajstić information content (AvgIpc) is 2.47. The molecule has 0 spiro atoms. The monoisotopic (exact) mass is 349 g/mol. The first kappa shape index (κ1) is 16.5. The molecule has 0 aliphatic heterocycles. The number of nitrogens with one attached hydrogen (secondary N) is 1. The Labute approximate surface area is 133 Å². The molecule has 0 radical (unpaired) electrons. The molecule has 0 bridgehead atoms. The van der Waals surface area contributed by atoms with Crippen LogP contribution in [0.1, 0.15) is 21.5 Å². The van der Waals surface area contributed by atoms with Gasteiger partial charge in [0.15, 0.2) is 0 Å². The van der Waals surface area contributed by atoms with Crippen molar-refractivity contribution in [1.82, 2.24) is 15.3 Å². The molecule has 2 rings (SSSR count). The zero-order valence-corrected chi connectivity index (χ0v) is 12.3. The number of rotatable bonds is 3. The zero-order valence-electron chi connectivity index (χ0n) is 10.8. The van der Waals surface area contributed by atoms with E-state index >= 15 is 0 Å². The summed E-state index contributed by atoms with van der Waals surface area (Å²) < 4.78 is 38.5. The van der Waals surface area contributed by atoms with Crippen LogP contribution in [0.15, 0.2) is 30.7 Å². The smallest absolute Gasteiger partial charge is 0.348 e. The number of aromatic nitrogens is 2. The van der Waals surface area contributed by atoms with Gasteiger partial charge in [0.05, 0.1) is 16.1 Å². The summed E-state index contributed by atoms with van der Waals surface area (Å²) in [4.78, 5) is 19.2. The number of hydrogen-bond donors (Lipinski definition) is 1. The quantitative estimate of drug-likeness (QED) is 0.859. The molecule has 0 unspecified atom stereocenters. The maximum absolute atomic E-state index is 12.8. The second-order valence-electron chi connectivity index (χ2n) is 4.22. The van der Waals surface area contributed by atoms with E-state index in [1.165, 1.54) is 12.3 Å². The Kier molecular flexibility index (Phi) is 4.87. The average molecular weight is 350 g/mol. The third-order valence-corrected chi connectivity index (χ3v) is 3.36. The van der Waals surface area contributed by atoms with Crippen LogP contribution in [0.5, 0.6) is 0 Å². The molecule has 1 amide bonds. The lowest BCUT2D eigenvalue weighted by molar-refractivity contribution is -0.138. The minimum absolute atomic E-state index is 0.0467. The second-order valence-corrected chi connectivity index (χ2v) is 4.98. The van der Waals surface area contributed by atoms with Crippen molar-refractivity contribution < 1.29 is 18.0 Å². The zero-order chi connectivity index (χ0) is 16.3. The molecular weight excluding hydrogens is 342 g/mol. The van der Waals surface area contributed by atoms with Crippen LogP contribution in [0.4, 0.5) is 13.2 Å². The van der Waals surface area contributed by atoms with Crippen LogP contribution in [-0.4, -0.2) is 15.9 Å². The van der Waals surface area contributed by atoms with Crippen molar-refractivity contribution in [1.29, 1.82) is 0 Å². The van der Waals surface area contributed by atoms with Gasteiger partial charge in [-0.2, -0.15) is 13.2 Å². The van der Waals surface area contributed by atoms with E-state index in [2.05, 4.69) is 15.3 Å². The summed E-state index contributed by atoms with van der Waals surface area (Å²) in [5.41, 5.74) is -1.10. The van der Waals surface area contributed by atoms with E-state index in [-0.39, 0.29) is 16.7 Å². The molecule has 0 aliphatic rings. The number of carbonyl (C=O) groups excluding carboxylic acids is 1. The van der Waals surface area contributed by atoms with Crippen molar-refractivity contribution in [3.05, 3.63) is 57.6 Å². The molecule has 116 valence electrons. The summed E-state index contributed by atoms with van der Waals surface area (Å²) in [6, 6.07) is 2.21. The molecule has 0 fully saturated rings. The highest BCUT2D eigenvalue weighted by Crippen LogP contribution is 2.31. The van der Waals surface area contributed by atoms with E-state index in [4.69, 9.17) is 23.2 Å². The Balaban J connectivity index is 2.15. The molecule has 2 aromatic rings. The lowest BCUT2D eigenvalue weighted by Gasteiger charge is -2.12. The van der Waals surface area contributed by atoms with Gasteiger partial charge in [-0.15, -0.1) is 0 Å². The number of hydrogen-bond acceptors (Lipinski definition) is 3. The summed E-state index contributed by atoms with van der Waals surface area (Å²) in [5, 5.41) is 2.64. The number of pyridine rings is 2. The predicted molar refractivity (Wildman–Crippen MR) is 74.7 cm³/mol. The molecule has 0 aromatic carbocycles. The van der Waals surface area contributed by atoms with Crippen molar-refractivity contribution in [2.24, 2.45) is 0 Å². The van der Waals surface area contributed by atoms with Gasteiger partial charge in [0, 0.05) is 25.1 Å². The van der Waals surface area contributed by atoms with Crippen molar-refractivity contribution in [3.8, 4) is 0 Å². The van der Waals surface area contributed by atoms with Gasteiger partial charge in [-0.1, -0.05) is 23.2 Å². The Morgan fingerprint density at radius 2 is 2.00 bits per heavy atom. The number of carbonyl (C=O) groups is 1. The summed E-state index contributed by atoms with van der Waals surface area (Å²) >= 11 is 11.4. The van der Waals surface area contributed by atoms with Gasteiger partial charge < -0.3 is 5.32 Å². The first-order chi connectivity index (χ1) is 10.3. The Morgan fingerprint density at radius 3 is 2.64 bits per heavy atom. The molecule has 2 heterocycles. The number of halogens is 5. The van der Waals surface area contributed by atoms with Gasteiger partial charge in [0.1, 0.15) is 5.15 Å². The first-order valence-electron chi connectivity index (χ1n) is 5.88. The summed E-state index contributed by atoms with van der Waals surface area (Å²) in [7, 11) is 0. The third-order valence-electron chi connectivity index (χ3n) is 2.68. The van der Waals surface area contributed by atoms with Crippen LogP contribution in [0.3, 0.4) is 0 Å². The minimum Gasteiger partial charge on any atom is -0.348 e. The molecule has 0 saturated carbocycles. The maximum Gasteiger partial charge on any atom is 0.417 e. The van der Waals surface area contributed by atoms with E-state index in [9.17, 15) is 18.0 Å². The highest BCUT2D eigenvalue weighted by molar-refractivity contribution is 6.41. The molecule has 0 aliphatic carbocycles. The number of nitrogens with zero attached hydrogens (tertiary/aromatic N) is 2. The first-order valence-corrected chi connectivity index (χ1v) is 6.64. The summed E-state index contributed by atoms with van der Waals surface area (Å²) in [6.45, 7) is -0.0467. The van der Waals surface area contributed by atoms with Gasteiger partial charge in [-0.25, -0.2) is 4.98 Å². The molecule has 2 aromatic heterocycles. The highest BCUT2D eigenvalue weighted by atomic mass is 35.5. The van der Waals surface area contributed by atoms with Gasteiger partial charge in [-0.05, 0) is 17.7 Å². The standard InChI is InChI=1S/C13H8Cl2F3N3O/c14-10-3-7(4-20-11(10)15)5-21-12(22)8-6-19-2-1-9(8)13(16,17)18/h1-4,6H,5H2,(H,21,22). The number of alkyl halides is 3. The Morgan fingerprint density at radius 1 is 1.27 bits per heavy atom. The molecule has 0 saturated heterocycles. The van der Waals surface area contributed by atoms with E-state index in [1.54, 1.807) is 0 Å². The van der Waals surface area contributed by atoms with E-state index in [1.807, 2.05) is 0 Å². The van der Waals surface area contributed by atoms with Crippen LogP contribution in [0, 0.1) is 0 Å². The fourth-order valence-corrected chi connectivity index (χ4v) is 1.95. The van der Waals surface area contributed by atoms with Crippen LogP contribution in [-0.2, 0) is 12.7 Å². The predicted octanol–water partition coefficient (Wildman–Crippen LogP) is 3.73. The fraction of sp³-hybridized carbons (Fsp3) is 0.154.